The Bertz CT molecular complexity index is 1030. The van der Waals surface area contributed by atoms with Gasteiger partial charge in [-0.3, -0.25) is 4.98 Å². The molecule has 5 heteroatoms. The molecule has 2 heterocycles. The Labute approximate surface area is 132 Å². The van der Waals surface area contributed by atoms with Gasteiger partial charge in [-0.1, -0.05) is 35.4 Å². The van der Waals surface area contributed by atoms with E-state index in [2.05, 4.69) is 26.2 Å². The second-order valence-electron chi connectivity index (χ2n) is 4.99. The van der Waals surface area contributed by atoms with Gasteiger partial charge in [0.2, 0.25) is 0 Å². The van der Waals surface area contributed by atoms with Crippen LogP contribution in [0.1, 0.15) is 5.56 Å². The molecule has 2 aromatic carbocycles. The molecule has 4 aromatic rings. The lowest BCUT2D eigenvalue weighted by Gasteiger charge is -2.00. The van der Waals surface area contributed by atoms with Crippen LogP contribution in [0.4, 0.5) is 0 Å². The molecule has 0 saturated carbocycles. The van der Waals surface area contributed by atoms with Gasteiger partial charge in [-0.15, -0.1) is 11.5 Å². The van der Waals surface area contributed by atoms with E-state index in [-0.39, 0.29) is 0 Å². The fraction of sp³-hybridized carbons (Fsp3) is 0. The van der Waals surface area contributed by atoms with E-state index >= 15 is 0 Å². The van der Waals surface area contributed by atoms with Gasteiger partial charge in [-0.05, 0) is 24.3 Å². The third kappa shape index (κ3) is 2.43. The van der Waals surface area contributed by atoms with Crippen LogP contribution in [0.2, 0.25) is 0 Å². The van der Waals surface area contributed by atoms with Crippen molar-refractivity contribution < 1.29 is 0 Å². The summed E-state index contributed by atoms with van der Waals surface area (Å²) in [6, 6.07) is 15.3. The normalized spacial score (nSPS) is 10.6. The summed E-state index contributed by atoms with van der Waals surface area (Å²) in [6.45, 7) is 0. The molecule has 0 aliphatic carbocycles. The molecule has 108 valence electrons. The lowest BCUT2D eigenvalue weighted by Crippen LogP contribution is -1.99. The first-order valence-electron chi connectivity index (χ1n) is 7.05. The summed E-state index contributed by atoms with van der Waals surface area (Å²) >= 11 is 0. The van der Waals surface area contributed by atoms with Crippen LogP contribution in [-0.4, -0.2) is 25.0 Å². The number of rotatable bonds is 2. The first-order valence-corrected chi connectivity index (χ1v) is 7.05. The van der Waals surface area contributed by atoms with E-state index in [0.29, 0.717) is 5.82 Å². The van der Waals surface area contributed by atoms with Crippen LogP contribution in [0, 0.1) is 12.3 Å². The van der Waals surface area contributed by atoms with Crippen LogP contribution in [0.5, 0.6) is 0 Å². The van der Waals surface area contributed by atoms with Crippen molar-refractivity contribution in [2.24, 2.45) is 0 Å². The van der Waals surface area contributed by atoms with E-state index in [9.17, 15) is 0 Å². The van der Waals surface area contributed by atoms with Crippen molar-refractivity contribution in [3.8, 4) is 29.4 Å². The maximum Gasteiger partial charge on any atom is 0.174 e. The molecule has 0 aliphatic heterocycles. The Hall–Kier alpha value is -3.52. The van der Waals surface area contributed by atoms with E-state index < -0.39 is 0 Å². The summed E-state index contributed by atoms with van der Waals surface area (Å²) < 4.78 is 1.61. The number of fused-ring (bicyclic) bond motifs is 1. The monoisotopic (exact) mass is 297 g/mol. The Morgan fingerprint density at radius 1 is 0.957 bits per heavy atom. The van der Waals surface area contributed by atoms with Gasteiger partial charge in [0.25, 0.3) is 0 Å². The molecule has 23 heavy (non-hydrogen) atoms. The topological polar surface area (TPSA) is 56.5 Å². The molecular weight excluding hydrogens is 286 g/mol. The second kappa shape index (κ2) is 5.35. The van der Waals surface area contributed by atoms with Crippen molar-refractivity contribution in [1.82, 2.24) is 25.0 Å². The smallest absolute Gasteiger partial charge is 0.174 e. The molecule has 0 amide bonds. The van der Waals surface area contributed by atoms with E-state index in [0.717, 1.165) is 27.9 Å². The van der Waals surface area contributed by atoms with Gasteiger partial charge in [-0.25, -0.2) is 9.67 Å². The van der Waals surface area contributed by atoms with E-state index in [4.69, 9.17) is 6.42 Å². The Morgan fingerprint density at radius 3 is 2.52 bits per heavy atom. The summed E-state index contributed by atoms with van der Waals surface area (Å²) in [7, 11) is 0. The second-order valence-corrected chi connectivity index (χ2v) is 4.99. The lowest BCUT2D eigenvalue weighted by molar-refractivity contribution is 0.781. The van der Waals surface area contributed by atoms with Gasteiger partial charge in [0, 0.05) is 11.1 Å². The minimum Gasteiger partial charge on any atom is -0.251 e. The Balaban J connectivity index is 1.72. The minimum absolute atomic E-state index is 0.627. The van der Waals surface area contributed by atoms with Crippen LogP contribution >= 0.6 is 0 Å². The Morgan fingerprint density at radius 2 is 1.74 bits per heavy atom. The average molecular weight is 297 g/mol. The number of aromatic nitrogens is 5. The molecule has 4 rings (SSSR count). The zero-order valence-corrected chi connectivity index (χ0v) is 12.1. The summed E-state index contributed by atoms with van der Waals surface area (Å²) in [5, 5.41) is 8.33. The maximum absolute atomic E-state index is 5.37. The maximum atomic E-state index is 5.37. The van der Waals surface area contributed by atoms with Crippen LogP contribution < -0.4 is 0 Å². The molecule has 5 nitrogen and oxygen atoms in total. The minimum atomic E-state index is 0.627. The summed E-state index contributed by atoms with van der Waals surface area (Å²) in [6.07, 6.45) is 8.87. The molecule has 0 atom stereocenters. The molecule has 0 aliphatic rings. The average Bonchev–Trinajstić information content (AvgIpc) is 3.11. The molecule has 0 spiro atoms. The number of terminal acetylenes is 1. The molecule has 0 radical (unpaired) electrons. The van der Waals surface area contributed by atoms with Crippen molar-refractivity contribution in [2.45, 2.75) is 0 Å². The highest BCUT2D eigenvalue weighted by Crippen LogP contribution is 2.18. The third-order valence-corrected chi connectivity index (χ3v) is 3.51. The van der Waals surface area contributed by atoms with E-state index in [1.54, 1.807) is 10.9 Å². The highest BCUT2D eigenvalue weighted by molar-refractivity contribution is 5.74. The van der Waals surface area contributed by atoms with Crippen LogP contribution in [-0.2, 0) is 0 Å². The van der Waals surface area contributed by atoms with Crippen LogP contribution in [0.25, 0.3) is 28.1 Å². The van der Waals surface area contributed by atoms with Crippen LogP contribution in [0.3, 0.4) is 0 Å². The van der Waals surface area contributed by atoms with Gasteiger partial charge in [0.1, 0.15) is 5.69 Å². The molecular formula is C18H11N5. The van der Waals surface area contributed by atoms with Crippen molar-refractivity contribution in [3.05, 3.63) is 66.5 Å². The first-order chi connectivity index (χ1) is 11.3. The summed E-state index contributed by atoms with van der Waals surface area (Å²) in [5.41, 5.74) is 4.20. The quantitative estimate of drug-likeness (QED) is 0.534. The fourth-order valence-electron chi connectivity index (χ4n) is 2.30. The standard InChI is InChI=1S/C18H11N5/c1-2-13-7-9-14(10-8-13)17-12-23(22-21-17)18-11-19-15-5-3-4-6-16(15)20-18/h1,3-12H. The highest BCUT2D eigenvalue weighted by atomic mass is 15.4. The van der Waals surface area contributed by atoms with Gasteiger partial charge >= 0.3 is 0 Å². The lowest BCUT2D eigenvalue weighted by atomic mass is 10.1. The fourth-order valence-corrected chi connectivity index (χ4v) is 2.30. The molecule has 0 fully saturated rings. The van der Waals surface area contributed by atoms with Gasteiger partial charge < -0.3 is 0 Å². The molecule has 0 bridgehead atoms. The molecule has 0 unspecified atom stereocenters. The number of hydrogen-bond donors (Lipinski definition) is 0. The largest absolute Gasteiger partial charge is 0.251 e. The molecule has 0 saturated heterocycles. The summed E-state index contributed by atoms with van der Waals surface area (Å²) in [4.78, 5) is 8.94. The van der Waals surface area contributed by atoms with E-state index in [1.165, 1.54) is 0 Å². The summed E-state index contributed by atoms with van der Waals surface area (Å²) in [5.74, 6) is 3.22. The SMILES string of the molecule is C#Cc1ccc(-c2cn(-c3cnc4ccccc4n3)nn2)cc1. The third-order valence-electron chi connectivity index (χ3n) is 3.51. The predicted octanol–water partition coefficient (Wildman–Crippen LogP) is 2.86. The van der Waals surface area contributed by atoms with Gasteiger partial charge in [0.05, 0.1) is 23.4 Å². The Kier molecular flexibility index (Phi) is 3.06. The molecule has 2 aromatic heterocycles. The first kappa shape index (κ1) is 13.2. The van der Waals surface area contributed by atoms with Crippen LogP contribution in [0.15, 0.2) is 60.9 Å². The van der Waals surface area contributed by atoms with Gasteiger partial charge in [-0.2, -0.15) is 0 Å². The van der Waals surface area contributed by atoms with Crippen molar-refractivity contribution in [2.75, 3.05) is 0 Å². The van der Waals surface area contributed by atoms with Crippen molar-refractivity contribution in [3.63, 3.8) is 0 Å². The van der Waals surface area contributed by atoms with E-state index in [1.807, 2.05) is 54.7 Å². The number of benzene rings is 2. The zero-order chi connectivity index (χ0) is 15.6. The highest BCUT2D eigenvalue weighted by Gasteiger charge is 2.07. The molecule has 0 N–H and O–H groups in total. The zero-order valence-electron chi connectivity index (χ0n) is 12.1. The number of hydrogen-bond acceptors (Lipinski definition) is 4. The van der Waals surface area contributed by atoms with Crippen molar-refractivity contribution >= 4 is 11.0 Å². The van der Waals surface area contributed by atoms with Gasteiger partial charge in [0.15, 0.2) is 5.82 Å². The number of para-hydroxylation sites is 2. The van der Waals surface area contributed by atoms with Crippen molar-refractivity contribution in [1.29, 1.82) is 0 Å². The predicted molar refractivity (Wildman–Crippen MR) is 87.8 cm³/mol. The number of nitrogens with zero attached hydrogens (tertiary/aromatic N) is 5.